The Balaban J connectivity index is 1.38. The highest BCUT2D eigenvalue weighted by Gasteiger charge is 2.61. The Morgan fingerprint density at radius 3 is 2.17 bits per heavy atom. The summed E-state index contributed by atoms with van der Waals surface area (Å²) in [6.45, 7) is 0. The number of primary amides is 1. The van der Waals surface area contributed by atoms with E-state index in [-0.39, 0.29) is 16.7 Å². The minimum atomic E-state index is -3.80. The molecular formula is C22H29N3O4S. The Kier molecular flexibility index (Phi) is 4.35. The van der Waals surface area contributed by atoms with E-state index < -0.39 is 26.5 Å². The quantitative estimate of drug-likeness (QED) is 0.637. The van der Waals surface area contributed by atoms with E-state index in [9.17, 15) is 18.0 Å². The van der Waals surface area contributed by atoms with Gasteiger partial charge >= 0.3 is 0 Å². The van der Waals surface area contributed by atoms with Crippen LogP contribution in [0.4, 0.5) is 0 Å². The number of amides is 2. The molecule has 8 heteroatoms. The van der Waals surface area contributed by atoms with Gasteiger partial charge in [-0.05, 0) is 81.8 Å². The SMILES string of the molecule is NC(=O)C12CC3CC(CC(NC(=O)C4(NS(=O)(=O)c5ccccc5)CCC4)(C3)C1)C2. The van der Waals surface area contributed by atoms with Crippen molar-refractivity contribution in [1.82, 2.24) is 10.0 Å². The molecule has 30 heavy (non-hydrogen) atoms. The molecule has 2 amide bonds. The van der Waals surface area contributed by atoms with Crippen molar-refractivity contribution in [1.29, 1.82) is 0 Å². The van der Waals surface area contributed by atoms with Gasteiger partial charge in [0, 0.05) is 5.54 Å². The highest BCUT2D eigenvalue weighted by molar-refractivity contribution is 7.89. The first-order chi connectivity index (χ1) is 14.2. The second-order valence-corrected chi connectivity index (χ2v) is 11.9. The fraction of sp³-hybridized carbons (Fsp3) is 0.636. The van der Waals surface area contributed by atoms with Crippen molar-refractivity contribution < 1.29 is 18.0 Å². The zero-order valence-corrected chi connectivity index (χ0v) is 17.8. The number of nitrogens with one attached hydrogen (secondary N) is 2. The van der Waals surface area contributed by atoms with Crippen molar-refractivity contribution in [2.75, 3.05) is 0 Å². The van der Waals surface area contributed by atoms with Crippen LogP contribution >= 0.6 is 0 Å². The van der Waals surface area contributed by atoms with Crippen LogP contribution in [0, 0.1) is 17.3 Å². The number of hydrogen-bond acceptors (Lipinski definition) is 4. The number of hydrogen-bond donors (Lipinski definition) is 3. The third-order valence-electron chi connectivity index (χ3n) is 7.99. The van der Waals surface area contributed by atoms with Crippen molar-refractivity contribution in [2.24, 2.45) is 23.0 Å². The molecule has 1 aromatic rings. The molecule has 7 nitrogen and oxygen atoms in total. The van der Waals surface area contributed by atoms with Crippen molar-refractivity contribution >= 4 is 21.8 Å². The summed E-state index contributed by atoms with van der Waals surface area (Å²) < 4.78 is 28.5. The molecule has 0 saturated heterocycles. The molecule has 1 aromatic carbocycles. The number of carbonyl (C=O) groups is 2. The summed E-state index contributed by atoms with van der Waals surface area (Å²) in [5.74, 6) is 0.294. The second-order valence-electron chi connectivity index (χ2n) is 10.2. The average Bonchev–Trinajstić information content (AvgIpc) is 2.64. The Morgan fingerprint density at radius 1 is 1.00 bits per heavy atom. The van der Waals surface area contributed by atoms with Crippen LogP contribution < -0.4 is 15.8 Å². The van der Waals surface area contributed by atoms with E-state index in [0.717, 1.165) is 38.5 Å². The molecule has 0 radical (unpaired) electrons. The maximum atomic E-state index is 13.5. The third kappa shape index (κ3) is 3.07. The van der Waals surface area contributed by atoms with E-state index in [1.54, 1.807) is 18.2 Å². The van der Waals surface area contributed by atoms with Gasteiger partial charge < -0.3 is 11.1 Å². The molecule has 0 spiro atoms. The highest BCUT2D eigenvalue weighted by atomic mass is 32.2. The molecule has 5 fully saturated rings. The normalized spacial score (nSPS) is 36.1. The summed E-state index contributed by atoms with van der Waals surface area (Å²) in [5.41, 5.74) is 3.73. The zero-order chi connectivity index (χ0) is 21.2. The lowest BCUT2D eigenvalue weighted by Gasteiger charge is -2.61. The van der Waals surface area contributed by atoms with Crippen LogP contribution in [-0.4, -0.2) is 31.3 Å². The number of benzene rings is 1. The average molecular weight is 432 g/mol. The zero-order valence-electron chi connectivity index (χ0n) is 17.0. The number of rotatable bonds is 6. The molecule has 5 saturated carbocycles. The van der Waals surface area contributed by atoms with Crippen LogP contribution in [0.1, 0.15) is 57.8 Å². The molecule has 0 aliphatic heterocycles. The lowest BCUT2D eigenvalue weighted by atomic mass is 9.46. The van der Waals surface area contributed by atoms with Crippen LogP contribution in [0.2, 0.25) is 0 Å². The van der Waals surface area contributed by atoms with Gasteiger partial charge in [0.05, 0.1) is 10.3 Å². The summed E-state index contributed by atoms with van der Waals surface area (Å²) in [6.07, 6.45) is 6.79. The van der Waals surface area contributed by atoms with Gasteiger partial charge in [-0.3, -0.25) is 9.59 Å². The van der Waals surface area contributed by atoms with Gasteiger partial charge in [-0.2, -0.15) is 4.72 Å². The van der Waals surface area contributed by atoms with Gasteiger partial charge in [0.25, 0.3) is 0 Å². The Labute approximate surface area is 177 Å². The summed E-state index contributed by atoms with van der Waals surface area (Å²) >= 11 is 0. The molecule has 0 aromatic heterocycles. The summed E-state index contributed by atoms with van der Waals surface area (Å²) in [7, 11) is -3.80. The minimum absolute atomic E-state index is 0.159. The smallest absolute Gasteiger partial charge is 0.241 e. The molecule has 4 N–H and O–H groups in total. The molecule has 4 bridgehead atoms. The lowest BCUT2D eigenvalue weighted by molar-refractivity contribution is -0.152. The second kappa shape index (κ2) is 6.53. The van der Waals surface area contributed by atoms with Gasteiger partial charge in [-0.25, -0.2) is 8.42 Å². The first-order valence-electron chi connectivity index (χ1n) is 10.9. The van der Waals surface area contributed by atoms with Gasteiger partial charge in [0.1, 0.15) is 5.54 Å². The maximum Gasteiger partial charge on any atom is 0.241 e. The van der Waals surface area contributed by atoms with E-state index in [4.69, 9.17) is 5.73 Å². The molecule has 5 aliphatic carbocycles. The van der Waals surface area contributed by atoms with E-state index >= 15 is 0 Å². The Hall–Kier alpha value is -1.93. The molecule has 6 rings (SSSR count). The molecule has 2 atom stereocenters. The van der Waals surface area contributed by atoms with Crippen molar-refractivity contribution in [3.63, 3.8) is 0 Å². The van der Waals surface area contributed by atoms with Gasteiger partial charge in [0.2, 0.25) is 21.8 Å². The first kappa shape index (κ1) is 20.0. The summed E-state index contributed by atoms with van der Waals surface area (Å²) in [6, 6.07) is 8.15. The Bertz CT molecular complexity index is 973. The van der Waals surface area contributed by atoms with Gasteiger partial charge in [0.15, 0.2) is 0 Å². The molecule has 5 aliphatic rings. The molecular weight excluding hydrogens is 402 g/mol. The van der Waals surface area contributed by atoms with Crippen molar-refractivity contribution in [3.8, 4) is 0 Å². The van der Waals surface area contributed by atoms with E-state index in [0.29, 0.717) is 31.1 Å². The van der Waals surface area contributed by atoms with Crippen LogP contribution in [0.15, 0.2) is 35.2 Å². The highest BCUT2D eigenvalue weighted by Crippen LogP contribution is 2.61. The van der Waals surface area contributed by atoms with Crippen LogP contribution in [0.5, 0.6) is 0 Å². The topological polar surface area (TPSA) is 118 Å². The van der Waals surface area contributed by atoms with E-state index in [1.165, 1.54) is 12.1 Å². The van der Waals surface area contributed by atoms with E-state index in [2.05, 4.69) is 10.0 Å². The Morgan fingerprint density at radius 2 is 1.63 bits per heavy atom. The van der Waals surface area contributed by atoms with Crippen LogP contribution in [0.25, 0.3) is 0 Å². The number of carbonyl (C=O) groups excluding carboxylic acids is 2. The monoisotopic (exact) mass is 431 g/mol. The minimum Gasteiger partial charge on any atom is -0.369 e. The number of nitrogens with two attached hydrogens (primary N) is 1. The van der Waals surface area contributed by atoms with Crippen molar-refractivity contribution in [3.05, 3.63) is 30.3 Å². The molecule has 162 valence electrons. The molecule has 2 unspecified atom stereocenters. The predicted molar refractivity (Wildman–Crippen MR) is 111 cm³/mol. The number of sulfonamides is 1. The fourth-order valence-corrected chi connectivity index (χ4v) is 8.32. The summed E-state index contributed by atoms with van der Waals surface area (Å²) in [4.78, 5) is 25.9. The predicted octanol–water partition coefficient (Wildman–Crippen LogP) is 1.83. The van der Waals surface area contributed by atoms with E-state index in [1.807, 2.05) is 0 Å². The van der Waals surface area contributed by atoms with Crippen LogP contribution in [0.3, 0.4) is 0 Å². The largest absolute Gasteiger partial charge is 0.369 e. The molecule has 0 heterocycles. The first-order valence-corrected chi connectivity index (χ1v) is 12.4. The van der Waals surface area contributed by atoms with Gasteiger partial charge in [-0.1, -0.05) is 18.2 Å². The standard InChI is InChI=1S/C22H29N3O4S/c23-18(26)20-10-15-9-16(11-20)13-21(12-15,14-20)24-19(27)22(7-4-8-22)25-30(28,29)17-5-2-1-3-6-17/h1-3,5-6,15-16,25H,4,7-14H2,(H2,23,26)(H,24,27). The third-order valence-corrected chi connectivity index (χ3v) is 9.54. The van der Waals surface area contributed by atoms with Crippen LogP contribution in [-0.2, 0) is 19.6 Å². The van der Waals surface area contributed by atoms with Crippen molar-refractivity contribution in [2.45, 2.75) is 73.8 Å². The fourth-order valence-electron chi connectivity index (χ4n) is 6.88. The maximum absolute atomic E-state index is 13.5. The van der Waals surface area contributed by atoms with Gasteiger partial charge in [-0.15, -0.1) is 0 Å². The lowest BCUT2D eigenvalue weighted by Crippen LogP contribution is -2.70. The summed E-state index contributed by atoms with van der Waals surface area (Å²) in [5, 5.41) is 3.25.